The topological polar surface area (TPSA) is 78.4 Å². The molecule has 2 amide bonds. The summed E-state index contributed by atoms with van der Waals surface area (Å²) < 4.78 is 0. The lowest BCUT2D eigenvalue weighted by molar-refractivity contribution is -0.139. The highest BCUT2D eigenvalue weighted by molar-refractivity contribution is 7.99. The summed E-state index contributed by atoms with van der Waals surface area (Å²) in [5, 5.41) is 15.1. The first kappa shape index (κ1) is 15.7. The minimum Gasteiger partial charge on any atom is -0.479 e. The Bertz CT molecular complexity index is 495. The van der Waals surface area contributed by atoms with Crippen molar-refractivity contribution in [3.63, 3.8) is 0 Å². The van der Waals surface area contributed by atoms with Gasteiger partial charge in [0.15, 0.2) is 6.04 Å². The molecule has 0 heterocycles. The number of aliphatic carboxylic acids is 1. The summed E-state index contributed by atoms with van der Waals surface area (Å²) in [6.45, 7) is 0. The van der Waals surface area contributed by atoms with Gasteiger partial charge in [-0.25, -0.2) is 9.59 Å². The fourth-order valence-electron chi connectivity index (χ4n) is 2.65. The standard InChI is InChI=1S/C15H20N2O3S/c1-21-12-9-5-8-11(12)16-15(20)17-13(14(18)19)10-6-3-2-4-7-10/h2-4,6-7,11-13H,5,8-9H2,1H3,(H,18,19)(H2,16,17,20). The number of amides is 2. The van der Waals surface area contributed by atoms with E-state index in [4.69, 9.17) is 0 Å². The lowest BCUT2D eigenvalue weighted by Crippen LogP contribution is -2.47. The minimum absolute atomic E-state index is 0.116. The fourth-order valence-corrected chi connectivity index (χ4v) is 3.58. The van der Waals surface area contributed by atoms with Gasteiger partial charge in [-0.05, 0) is 24.7 Å². The van der Waals surface area contributed by atoms with Gasteiger partial charge in [0.05, 0.1) is 0 Å². The van der Waals surface area contributed by atoms with E-state index < -0.39 is 18.0 Å². The number of carboxylic acid groups (broad SMARTS) is 1. The lowest BCUT2D eigenvalue weighted by atomic mass is 10.1. The van der Waals surface area contributed by atoms with E-state index in [1.54, 1.807) is 36.0 Å². The third-order valence-electron chi connectivity index (χ3n) is 3.73. The zero-order chi connectivity index (χ0) is 15.2. The van der Waals surface area contributed by atoms with Crippen LogP contribution in [0.25, 0.3) is 0 Å². The van der Waals surface area contributed by atoms with Crippen molar-refractivity contribution < 1.29 is 14.7 Å². The van der Waals surface area contributed by atoms with E-state index in [1.807, 2.05) is 12.3 Å². The van der Waals surface area contributed by atoms with Crippen molar-refractivity contribution in [2.24, 2.45) is 0 Å². The largest absolute Gasteiger partial charge is 0.479 e. The molecule has 0 spiro atoms. The van der Waals surface area contributed by atoms with Crippen LogP contribution in [0.1, 0.15) is 30.9 Å². The number of thioether (sulfide) groups is 1. The smallest absolute Gasteiger partial charge is 0.330 e. The maximum absolute atomic E-state index is 12.1. The van der Waals surface area contributed by atoms with Crippen molar-refractivity contribution in [3.8, 4) is 0 Å². The van der Waals surface area contributed by atoms with E-state index in [9.17, 15) is 14.7 Å². The highest BCUT2D eigenvalue weighted by atomic mass is 32.2. The summed E-state index contributed by atoms with van der Waals surface area (Å²) in [5.74, 6) is -1.07. The van der Waals surface area contributed by atoms with Crippen LogP contribution in [0.15, 0.2) is 30.3 Å². The van der Waals surface area contributed by atoms with Crippen LogP contribution in [-0.4, -0.2) is 34.7 Å². The number of rotatable bonds is 5. The SMILES string of the molecule is CSC1CCCC1NC(=O)NC(C(=O)O)c1ccccc1. The van der Waals surface area contributed by atoms with Gasteiger partial charge in [0.25, 0.3) is 0 Å². The second-order valence-electron chi connectivity index (χ2n) is 5.11. The number of carbonyl (C=O) groups is 2. The van der Waals surface area contributed by atoms with Crippen molar-refractivity contribution in [1.82, 2.24) is 10.6 Å². The number of carbonyl (C=O) groups excluding carboxylic acids is 1. The average Bonchev–Trinajstić information content (AvgIpc) is 2.92. The first-order valence-electron chi connectivity index (χ1n) is 6.99. The summed E-state index contributed by atoms with van der Waals surface area (Å²) in [7, 11) is 0. The normalized spacial score (nSPS) is 22.5. The highest BCUT2D eigenvalue weighted by Crippen LogP contribution is 2.28. The van der Waals surface area contributed by atoms with Crippen LogP contribution >= 0.6 is 11.8 Å². The van der Waals surface area contributed by atoms with Crippen LogP contribution in [-0.2, 0) is 4.79 Å². The zero-order valence-electron chi connectivity index (χ0n) is 11.9. The van der Waals surface area contributed by atoms with E-state index in [1.165, 1.54) is 0 Å². The highest BCUT2D eigenvalue weighted by Gasteiger charge is 2.29. The monoisotopic (exact) mass is 308 g/mol. The van der Waals surface area contributed by atoms with Crippen LogP contribution in [0.5, 0.6) is 0 Å². The molecule has 1 aromatic rings. The van der Waals surface area contributed by atoms with Crippen molar-refractivity contribution in [2.75, 3.05) is 6.26 Å². The third-order valence-corrected chi connectivity index (χ3v) is 4.90. The average molecular weight is 308 g/mol. The molecule has 1 fully saturated rings. The summed E-state index contributed by atoms with van der Waals surface area (Å²) >= 11 is 1.75. The van der Waals surface area contributed by atoms with E-state index in [-0.39, 0.29) is 6.04 Å². The van der Waals surface area contributed by atoms with E-state index in [0.29, 0.717) is 10.8 Å². The lowest BCUT2D eigenvalue weighted by Gasteiger charge is -2.21. The Morgan fingerprint density at radius 2 is 2.00 bits per heavy atom. The van der Waals surface area contributed by atoms with Crippen LogP contribution in [0.4, 0.5) is 4.79 Å². The van der Waals surface area contributed by atoms with Crippen molar-refractivity contribution >= 4 is 23.8 Å². The van der Waals surface area contributed by atoms with Gasteiger partial charge in [-0.1, -0.05) is 36.8 Å². The zero-order valence-corrected chi connectivity index (χ0v) is 12.7. The van der Waals surface area contributed by atoms with E-state index >= 15 is 0 Å². The molecule has 6 heteroatoms. The summed E-state index contributed by atoms with van der Waals surface area (Å²) in [5.41, 5.74) is 0.563. The van der Waals surface area contributed by atoms with Crippen LogP contribution in [0.2, 0.25) is 0 Å². The van der Waals surface area contributed by atoms with Gasteiger partial charge in [-0.15, -0.1) is 0 Å². The molecule has 0 saturated heterocycles. The molecule has 114 valence electrons. The molecular weight excluding hydrogens is 288 g/mol. The fraction of sp³-hybridized carbons (Fsp3) is 0.467. The molecule has 1 saturated carbocycles. The molecule has 1 aromatic carbocycles. The number of hydrogen-bond acceptors (Lipinski definition) is 3. The Balaban J connectivity index is 1.97. The van der Waals surface area contributed by atoms with Gasteiger partial charge in [-0.2, -0.15) is 11.8 Å². The van der Waals surface area contributed by atoms with Crippen LogP contribution in [0.3, 0.4) is 0 Å². The minimum atomic E-state index is -1.07. The number of urea groups is 1. The van der Waals surface area contributed by atoms with Gasteiger partial charge in [0.1, 0.15) is 0 Å². The molecule has 0 aromatic heterocycles. The number of hydrogen-bond donors (Lipinski definition) is 3. The number of nitrogens with one attached hydrogen (secondary N) is 2. The molecular formula is C15H20N2O3S. The molecule has 21 heavy (non-hydrogen) atoms. The predicted molar refractivity (Wildman–Crippen MR) is 83.4 cm³/mol. The molecule has 3 N–H and O–H groups in total. The van der Waals surface area contributed by atoms with Crippen molar-refractivity contribution in [1.29, 1.82) is 0 Å². The van der Waals surface area contributed by atoms with Crippen molar-refractivity contribution in [3.05, 3.63) is 35.9 Å². The molecule has 1 aliphatic rings. The molecule has 0 aliphatic heterocycles. The molecule has 0 radical (unpaired) electrons. The Labute approximate surface area is 128 Å². The van der Waals surface area contributed by atoms with Gasteiger partial charge >= 0.3 is 12.0 Å². The van der Waals surface area contributed by atoms with Gasteiger partial charge in [0.2, 0.25) is 0 Å². The van der Waals surface area contributed by atoms with Gasteiger partial charge < -0.3 is 15.7 Å². The Kier molecular flexibility index (Phi) is 5.50. The summed E-state index contributed by atoms with van der Waals surface area (Å²) in [6.07, 6.45) is 5.17. The molecule has 2 rings (SSSR count). The van der Waals surface area contributed by atoms with E-state index in [0.717, 1.165) is 19.3 Å². The summed E-state index contributed by atoms with van der Waals surface area (Å²) in [4.78, 5) is 23.4. The molecule has 3 unspecified atom stereocenters. The van der Waals surface area contributed by atoms with Crippen LogP contribution in [0, 0.1) is 0 Å². The first-order chi connectivity index (χ1) is 10.1. The second-order valence-corrected chi connectivity index (χ2v) is 6.19. The predicted octanol–water partition coefficient (Wildman–Crippen LogP) is 2.40. The molecule has 3 atom stereocenters. The Morgan fingerprint density at radius 3 is 2.62 bits per heavy atom. The van der Waals surface area contributed by atoms with Gasteiger partial charge in [0, 0.05) is 11.3 Å². The maximum atomic E-state index is 12.1. The van der Waals surface area contributed by atoms with Crippen molar-refractivity contribution in [2.45, 2.75) is 36.6 Å². The molecule has 1 aliphatic carbocycles. The quantitative estimate of drug-likeness (QED) is 0.780. The Morgan fingerprint density at radius 1 is 1.29 bits per heavy atom. The molecule has 0 bridgehead atoms. The summed E-state index contributed by atoms with van der Waals surface area (Å²) in [6, 6.07) is 7.38. The Hall–Kier alpha value is -1.69. The second kappa shape index (κ2) is 7.36. The first-order valence-corrected chi connectivity index (χ1v) is 8.28. The molecule has 5 nitrogen and oxygen atoms in total. The number of benzene rings is 1. The number of carboxylic acids is 1. The third kappa shape index (κ3) is 4.14. The van der Waals surface area contributed by atoms with E-state index in [2.05, 4.69) is 10.6 Å². The maximum Gasteiger partial charge on any atom is 0.330 e. The van der Waals surface area contributed by atoms with Gasteiger partial charge in [-0.3, -0.25) is 0 Å². The van der Waals surface area contributed by atoms with Crippen LogP contribution < -0.4 is 10.6 Å².